The number of hydrazine groups is 1. The molecule has 1 aromatic carbocycles. The third-order valence-corrected chi connectivity index (χ3v) is 3.71. The fraction of sp³-hybridized carbons (Fsp3) is 0.294. The van der Waals surface area contributed by atoms with Gasteiger partial charge >= 0.3 is 12.1 Å². The van der Waals surface area contributed by atoms with Gasteiger partial charge in [-0.25, -0.2) is 0 Å². The summed E-state index contributed by atoms with van der Waals surface area (Å²) >= 11 is 0. The fourth-order valence-electron chi connectivity index (χ4n) is 2.32. The first kappa shape index (κ1) is 21.0. The lowest BCUT2D eigenvalue weighted by Gasteiger charge is -2.25. The average molecular weight is 428 g/mol. The molecular weight excluding hydrogens is 413 g/mol. The molecular formula is C17H15F3N4O6. The van der Waals surface area contributed by atoms with Gasteiger partial charge in [-0.2, -0.15) is 18.3 Å². The van der Waals surface area contributed by atoms with E-state index >= 15 is 0 Å². The number of benzene rings is 1. The lowest BCUT2D eigenvalue weighted by atomic mass is 10.2. The van der Waals surface area contributed by atoms with Gasteiger partial charge in [-0.05, 0) is 18.2 Å². The molecule has 13 heteroatoms. The maximum Gasteiger partial charge on any atom is 0.435 e. The van der Waals surface area contributed by atoms with E-state index in [0.717, 1.165) is 10.9 Å². The number of hydrogen-bond donors (Lipinski definition) is 2. The van der Waals surface area contributed by atoms with Crippen molar-refractivity contribution >= 4 is 17.8 Å². The van der Waals surface area contributed by atoms with E-state index in [4.69, 9.17) is 9.47 Å². The Kier molecular flexibility index (Phi) is 6.09. The second-order valence-electron chi connectivity index (χ2n) is 5.96. The number of hydrogen-bond acceptors (Lipinski definition) is 7. The van der Waals surface area contributed by atoms with E-state index < -0.39 is 48.9 Å². The van der Waals surface area contributed by atoms with Crippen molar-refractivity contribution in [3.63, 3.8) is 0 Å². The average Bonchev–Trinajstić information content (AvgIpc) is 3.19. The van der Waals surface area contributed by atoms with Crippen LogP contribution in [-0.2, 0) is 31.8 Å². The second-order valence-corrected chi connectivity index (χ2v) is 5.96. The molecule has 0 aliphatic carbocycles. The van der Waals surface area contributed by atoms with Gasteiger partial charge in [-0.1, -0.05) is 12.1 Å². The van der Waals surface area contributed by atoms with Crippen LogP contribution in [0.2, 0.25) is 0 Å². The van der Waals surface area contributed by atoms with E-state index in [-0.39, 0.29) is 6.61 Å². The quantitative estimate of drug-likeness (QED) is 0.524. The molecule has 0 fully saturated rings. The Morgan fingerprint density at radius 1 is 1.17 bits per heavy atom. The first-order valence-electron chi connectivity index (χ1n) is 8.46. The van der Waals surface area contributed by atoms with Crippen molar-refractivity contribution in [2.45, 2.75) is 18.8 Å². The monoisotopic (exact) mass is 428 g/mol. The number of nitrogens with zero attached hydrogens (tertiary/aromatic N) is 2. The summed E-state index contributed by atoms with van der Waals surface area (Å²) in [5, 5.41) is 3.18. The SMILES string of the molecule is O=C(COC(=O)Cn1ccc(C(F)(F)F)n1)NNC(=O)C1COc2ccccc2O1. The summed E-state index contributed by atoms with van der Waals surface area (Å²) in [5.41, 5.74) is 2.96. The minimum absolute atomic E-state index is 0.0719. The molecule has 0 spiro atoms. The third kappa shape index (κ3) is 5.40. The molecule has 0 saturated heterocycles. The van der Waals surface area contributed by atoms with Gasteiger partial charge in [0.25, 0.3) is 11.8 Å². The number of ether oxygens (including phenoxy) is 3. The van der Waals surface area contributed by atoms with E-state index in [2.05, 4.69) is 15.3 Å². The fourth-order valence-corrected chi connectivity index (χ4v) is 2.32. The first-order chi connectivity index (χ1) is 14.2. The number of para-hydroxylation sites is 2. The van der Waals surface area contributed by atoms with Crippen LogP contribution in [0, 0.1) is 0 Å². The number of carbonyl (C=O) groups is 3. The van der Waals surface area contributed by atoms with Crippen LogP contribution in [0.5, 0.6) is 11.5 Å². The number of aromatic nitrogens is 2. The van der Waals surface area contributed by atoms with Gasteiger partial charge in [0.05, 0.1) is 0 Å². The van der Waals surface area contributed by atoms with Gasteiger partial charge < -0.3 is 14.2 Å². The van der Waals surface area contributed by atoms with Gasteiger partial charge in [-0.15, -0.1) is 0 Å². The van der Waals surface area contributed by atoms with E-state index in [0.29, 0.717) is 17.6 Å². The normalized spacial score (nSPS) is 15.2. The smallest absolute Gasteiger partial charge is 0.435 e. The lowest BCUT2D eigenvalue weighted by Crippen LogP contribution is -2.51. The molecule has 160 valence electrons. The van der Waals surface area contributed by atoms with Crippen LogP contribution in [0.1, 0.15) is 5.69 Å². The Balaban J connectivity index is 1.38. The van der Waals surface area contributed by atoms with Crippen LogP contribution in [0.4, 0.5) is 13.2 Å². The van der Waals surface area contributed by atoms with Gasteiger partial charge in [0.2, 0.25) is 6.10 Å². The standard InChI is InChI=1S/C17H15F3N4O6/c18-17(19,20)13-5-6-24(23-13)7-15(26)29-9-14(25)21-22-16(27)12-8-28-10-3-1-2-4-11(10)30-12/h1-6,12H,7-9H2,(H,21,25)(H,22,27). The molecule has 0 bridgehead atoms. The van der Waals surface area contributed by atoms with Crippen LogP contribution in [0.3, 0.4) is 0 Å². The molecule has 2 N–H and O–H groups in total. The summed E-state index contributed by atoms with van der Waals surface area (Å²) in [5.74, 6) is -1.70. The zero-order chi connectivity index (χ0) is 21.7. The van der Waals surface area contributed by atoms with Crippen LogP contribution < -0.4 is 20.3 Å². The highest BCUT2D eigenvalue weighted by atomic mass is 19.4. The van der Waals surface area contributed by atoms with Crippen molar-refractivity contribution in [2.24, 2.45) is 0 Å². The zero-order valence-electron chi connectivity index (χ0n) is 15.1. The van der Waals surface area contributed by atoms with E-state index in [9.17, 15) is 27.6 Å². The van der Waals surface area contributed by atoms with Crippen molar-refractivity contribution in [1.82, 2.24) is 20.6 Å². The Labute approximate surface area is 166 Å². The van der Waals surface area contributed by atoms with Gasteiger partial charge in [0.1, 0.15) is 13.2 Å². The molecule has 2 amide bonds. The van der Waals surface area contributed by atoms with Crippen molar-refractivity contribution in [2.75, 3.05) is 13.2 Å². The number of amides is 2. The maximum absolute atomic E-state index is 12.5. The lowest BCUT2D eigenvalue weighted by molar-refractivity contribution is -0.150. The number of halogens is 3. The predicted molar refractivity (Wildman–Crippen MR) is 90.8 cm³/mol. The highest BCUT2D eigenvalue weighted by Gasteiger charge is 2.33. The summed E-state index contributed by atoms with van der Waals surface area (Å²) < 4.78 is 53.5. The summed E-state index contributed by atoms with van der Waals surface area (Å²) in [6.45, 7) is -1.46. The molecule has 10 nitrogen and oxygen atoms in total. The molecule has 1 aromatic heterocycles. The number of carbonyl (C=O) groups excluding carboxylic acids is 3. The molecule has 2 heterocycles. The van der Waals surface area contributed by atoms with Gasteiger partial charge in [0, 0.05) is 6.20 Å². The van der Waals surface area contributed by atoms with Crippen LogP contribution in [-0.4, -0.2) is 46.9 Å². The maximum atomic E-state index is 12.5. The molecule has 1 atom stereocenters. The van der Waals surface area contributed by atoms with Crippen LogP contribution >= 0.6 is 0 Å². The number of fused-ring (bicyclic) bond motifs is 1. The van der Waals surface area contributed by atoms with Crippen molar-refractivity contribution in [3.8, 4) is 11.5 Å². The van der Waals surface area contributed by atoms with Crippen LogP contribution in [0.25, 0.3) is 0 Å². The second kappa shape index (κ2) is 8.71. The first-order valence-corrected chi connectivity index (χ1v) is 8.46. The minimum Gasteiger partial charge on any atom is -0.485 e. The molecule has 0 radical (unpaired) electrons. The van der Waals surface area contributed by atoms with E-state index in [1.54, 1.807) is 24.3 Å². The zero-order valence-corrected chi connectivity index (χ0v) is 15.1. The summed E-state index contributed by atoms with van der Waals surface area (Å²) in [4.78, 5) is 35.3. The molecule has 0 saturated carbocycles. The summed E-state index contributed by atoms with van der Waals surface area (Å²) in [7, 11) is 0. The largest absolute Gasteiger partial charge is 0.485 e. The Hall–Kier alpha value is -3.77. The summed E-state index contributed by atoms with van der Waals surface area (Å²) in [6, 6.07) is 7.43. The van der Waals surface area contributed by atoms with E-state index in [1.807, 2.05) is 5.43 Å². The predicted octanol–water partition coefficient (Wildman–Crippen LogP) is 0.432. The number of rotatable bonds is 5. The number of esters is 1. The molecule has 3 rings (SSSR count). The Bertz CT molecular complexity index is 946. The highest BCUT2D eigenvalue weighted by Crippen LogP contribution is 2.30. The van der Waals surface area contributed by atoms with Crippen molar-refractivity contribution < 1.29 is 41.8 Å². The van der Waals surface area contributed by atoms with Gasteiger partial charge in [0.15, 0.2) is 23.8 Å². The number of alkyl halides is 3. The molecule has 30 heavy (non-hydrogen) atoms. The van der Waals surface area contributed by atoms with Crippen LogP contribution in [0.15, 0.2) is 36.5 Å². The summed E-state index contributed by atoms with van der Waals surface area (Å²) in [6.07, 6.45) is -4.69. The van der Waals surface area contributed by atoms with Gasteiger partial charge in [-0.3, -0.25) is 29.9 Å². The molecule has 1 aliphatic heterocycles. The number of nitrogens with one attached hydrogen (secondary N) is 2. The topological polar surface area (TPSA) is 121 Å². The molecule has 1 aliphatic rings. The Morgan fingerprint density at radius 3 is 2.60 bits per heavy atom. The minimum atomic E-state index is -4.64. The van der Waals surface area contributed by atoms with Crippen molar-refractivity contribution in [3.05, 3.63) is 42.2 Å². The molecule has 2 aromatic rings. The Morgan fingerprint density at radius 2 is 1.90 bits per heavy atom. The third-order valence-electron chi connectivity index (χ3n) is 3.71. The van der Waals surface area contributed by atoms with E-state index in [1.165, 1.54) is 0 Å². The molecule has 1 unspecified atom stereocenters. The van der Waals surface area contributed by atoms with Crippen molar-refractivity contribution in [1.29, 1.82) is 0 Å². The highest BCUT2D eigenvalue weighted by molar-refractivity contribution is 5.86.